The summed E-state index contributed by atoms with van der Waals surface area (Å²) < 4.78 is 29.4. The van der Waals surface area contributed by atoms with E-state index in [0.29, 0.717) is 13.1 Å². The molecule has 0 amide bonds. The van der Waals surface area contributed by atoms with Crippen molar-refractivity contribution >= 4 is 7.27 Å². The molecular formula is C7H14BF2NO. The monoisotopic (exact) mass is 177 g/mol. The third kappa shape index (κ3) is 3.07. The van der Waals surface area contributed by atoms with Gasteiger partial charge in [0, 0.05) is 19.5 Å². The molecule has 0 saturated carbocycles. The summed E-state index contributed by atoms with van der Waals surface area (Å²) in [5.74, 6) is 0. The second kappa shape index (κ2) is 4.19. The standard InChI is InChI=1S/C7H14BF2NO/c1-6-3-11(5-8(9)10)4-7(2)12-6/h6-7H,3-5H2,1-2H3/t6-,7+. The molecule has 0 unspecified atom stereocenters. The fraction of sp³-hybridized carbons (Fsp3) is 1.00. The van der Waals surface area contributed by atoms with Gasteiger partial charge in [0.1, 0.15) is 0 Å². The van der Waals surface area contributed by atoms with Crippen LogP contribution in [0.1, 0.15) is 13.8 Å². The molecule has 0 aromatic rings. The summed E-state index contributed by atoms with van der Waals surface area (Å²) in [7, 11) is -2.23. The molecule has 1 rings (SSSR count). The van der Waals surface area contributed by atoms with Crippen molar-refractivity contribution < 1.29 is 13.4 Å². The third-order valence-electron chi connectivity index (χ3n) is 1.89. The molecular weight excluding hydrogens is 163 g/mol. The number of hydrogen-bond acceptors (Lipinski definition) is 2. The summed E-state index contributed by atoms with van der Waals surface area (Å²) >= 11 is 0. The van der Waals surface area contributed by atoms with E-state index < -0.39 is 7.27 Å². The minimum Gasteiger partial charge on any atom is -0.373 e. The van der Waals surface area contributed by atoms with Gasteiger partial charge in [0.15, 0.2) is 0 Å². The lowest BCUT2D eigenvalue weighted by Crippen LogP contribution is -2.47. The van der Waals surface area contributed by atoms with E-state index in [1.807, 2.05) is 13.8 Å². The minimum atomic E-state index is -2.23. The van der Waals surface area contributed by atoms with Gasteiger partial charge in [-0.1, -0.05) is 0 Å². The predicted molar refractivity (Wildman–Crippen MR) is 44.4 cm³/mol. The molecule has 70 valence electrons. The Kier molecular flexibility index (Phi) is 3.46. The highest BCUT2D eigenvalue weighted by molar-refractivity contribution is 6.42. The number of nitrogens with zero attached hydrogens (tertiary/aromatic N) is 1. The topological polar surface area (TPSA) is 12.5 Å². The van der Waals surface area contributed by atoms with Crippen molar-refractivity contribution in [3.05, 3.63) is 0 Å². The van der Waals surface area contributed by atoms with E-state index in [1.165, 1.54) is 0 Å². The normalized spacial score (nSPS) is 32.0. The van der Waals surface area contributed by atoms with Gasteiger partial charge in [-0.05, 0) is 13.8 Å². The zero-order valence-electron chi connectivity index (χ0n) is 7.46. The Morgan fingerprint density at radius 2 is 1.83 bits per heavy atom. The highest BCUT2D eigenvalue weighted by Gasteiger charge is 2.26. The van der Waals surface area contributed by atoms with Crippen molar-refractivity contribution in [3.8, 4) is 0 Å². The van der Waals surface area contributed by atoms with Crippen molar-refractivity contribution in [1.82, 2.24) is 4.90 Å². The first-order chi connectivity index (χ1) is 5.58. The lowest BCUT2D eigenvalue weighted by Gasteiger charge is -2.34. The molecule has 0 bridgehead atoms. The van der Waals surface area contributed by atoms with Gasteiger partial charge in [0.25, 0.3) is 0 Å². The van der Waals surface area contributed by atoms with Gasteiger partial charge in [-0.2, -0.15) is 0 Å². The fourth-order valence-corrected chi connectivity index (χ4v) is 1.63. The van der Waals surface area contributed by atoms with Gasteiger partial charge < -0.3 is 4.74 Å². The first kappa shape index (κ1) is 9.93. The molecule has 0 aromatic carbocycles. The van der Waals surface area contributed by atoms with Crippen LogP contribution in [0.2, 0.25) is 0 Å². The van der Waals surface area contributed by atoms with Crippen LogP contribution in [0.15, 0.2) is 0 Å². The van der Waals surface area contributed by atoms with Crippen LogP contribution in [0.5, 0.6) is 0 Å². The van der Waals surface area contributed by atoms with Crippen molar-refractivity contribution in [2.75, 3.05) is 19.5 Å². The minimum absolute atomic E-state index is 0.0764. The van der Waals surface area contributed by atoms with Gasteiger partial charge in [0.05, 0.1) is 12.2 Å². The van der Waals surface area contributed by atoms with E-state index in [2.05, 4.69) is 0 Å². The smallest absolute Gasteiger partial charge is 0.373 e. The Bertz CT molecular complexity index is 135. The lowest BCUT2D eigenvalue weighted by molar-refractivity contribution is -0.0637. The third-order valence-corrected chi connectivity index (χ3v) is 1.89. The van der Waals surface area contributed by atoms with Crippen molar-refractivity contribution in [2.45, 2.75) is 26.1 Å². The molecule has 2 atom stereocenters. The number of morpholine rings is 1. The summed E-state index contributed by atoms with van der Waals surface area (Å²) in [5, 5.41) is 0. The van der Waals surface area contributed by atoms with Crippen molar-refractivity contribution in [3.63, 3.8) is 0 Å². The molecule has 0 N–H and O–H groups in total. The molecule has 0 radical (unpaired) electrons. The number of ether oxygens (including phenoxy) is 1. The Morgan fingerprint density at radius 1 is 1.33 bits per heavy atom. The average Bonchev–Trinajstić information content (AvgIpc) is 1.81. The molecule has 1 saturated heterocycles. The van der Waals surface area contributed by atoms with Crippen LogP contribution < -0.4 is 0 Å². The van der Waals surface area contributed by atoms with E-state index in [9.17, 15) is 8.63 Å². The maximum absolute atomic E-state index is 12.0. The summed E-state index contributed by atoms with van der Waals surface area (Å²) in [6, 6.07) is 0. The van der Waals surface area contributed by atoms with E-state index in [1.54, 1.807) is 4.90 Å². The van der Waals surface area contributed by atoms with Gasteiger partial charge in [-0.25, -0.2) is 0 Å². The first-order valence-corrected chi connectivity index (χ1v) is 4.24. The Morgan fingerprint density at radius 3 is 2.25 bits per heavy atom. The predicted octanol–water partition coefficient (Wildman–Crippen LogP) is 1.06. The summed E-state index contributed by atoms with van der Waals surface area (Å²) in [5.41, 5.74) is 0. The maximum atomic E-state index is 12.0. The molecule has 1 aliphatic heterocycles. The van der Waals surface area contributed by atoms with E-state index in [-0.39, 0.29) is 18.7 Å². The quantitative estimate of drug-likeness (QED) is 0.584. The first-order valence-electron chi connectivity index (χ1n) is 4.24. The van der Waals surface area contributed by atoms with Crippen molar-refractivity contribution in [1.29, 1.82) is 0 Å². The Balaban J connectivity index is 2.34. The van der Waals surface area contributed by atoms with Crippen LogP contribution >= 0.6 is 0 Å². The highest BCUT2D eigenvalue weighted by atomic mass is 19.2. The summed E-state index contributed by atoms with van der Waals surface area (Å²) in [4.78, 5) is 1.75. The van der Waals surface area contributed by atoms with E-state index in [0.717, 1.165) is 0 Å². The second-order valence-corrected chi connectivity index (χ2v) is 3.37. The van der Waals surface area contributed by atoms with Gasteiger partial charge in [-0.3, -0.25) is 13.5 Å². The zero-order chi connectivity index (χ0) is 9.14. The summed E-state index contributed by atoms with van der Waals surface area (Å²) in [6.07, 6.45) is 0.0258. The number of halogens is 2. The molecule has 2 nitrogen and oxygen atoms in total. The van der Waals surface area contributed by atoms with E-state index in [4.69, 9.17) is 4.74 Å². The van der Waals surface area contributed by atoms with Gasteiger partial charge in [-0.15, -0.1) is 0 Å². The largest absolute Gasteiger partial charge is 0.551 e. The SMILES string of the molecule is C[C@@H]1CN(CB(F)F)C[C@H](C)O1. The van der Waals surface area contributed by atoms with Crippen molar-refractivity contribution in [2.24, 2.45) is 0 Å². The Hall–Kier alpha value is -0.155. The molecule has 1 fully saturated rings. The fourth-order valence-electron chi connectivity index (χ4n) is 1.63. The molecule has 5 heteroatoms. The van der Waals surface area contributed by atoms with Gasteiger partial charge in [0.2, 0.25) is 0 Å². The molecule has 0 aliphatic carbocycles. The molecule has 1 aliphatic rings. The highest BCUT2D eigenvalue weighted by Crippen LogP contribution is 2.10. The van der Waals surface area contributed by atoms with Crippen LogP contribution in [-0.2, 0) is 4.74 Å². The molecule has 0 spiro atoms. The second-order valence-electron chi connectivity index (χ2n) is 3.37. The molecule has 1 heterocycles. The van der Waals surface area contributed by atoms with Crippen LogP contribution in [-0.4, -0.2) is 43.9 Å². The molecule has 0 aromatic heterocycles. The lowest BCUT2D eigenvalue weighted by atomic mass is 9.97. The van der Waals surface area contributed by atoms with E-state index >= 15 is 0 Å². The number of hydrogen-bond donors (Lipinski definition) is 0. The van der Waals surface area contributed by atoms with Crippen LogP contribution in [0.4, 0.5) is 8.63 Å². The summed E-state index contributed by atoms with van der Waals surface area (Å²) in [6.45, 7) is 5.06. The zero-order valence-corrected chi connectivity index (χ0v) is 7.46. The van der Waals surface area contributed by atoms with Crippen LogP contribution in [0.25, 0.3) is 0 Å². The van der Waals surface area contributed by atoms with Crippen LogP contribution in [0, 0.1) is 0 Å². The van der Waals surface area contributed by atoms with Gasteiger partial charge >= 0.3 is 7.27 Å². The molecule has 12 heavy (non-hydrogen) atoms. The Labute approximate surface area is 72.0 Å². The number of rotatable bonds is 2. The van der Waals surface area contributed by atoms with Crippen LogP contribution in [0.3, 0.4) is 0 Å². The maximum Gasteiger partial charge on any atom is 0.551 e. The average molecular weight is 177 g/mol.